The average Bonchev–Trinajstić information content (AvgIpc) is 2.85. The van der Waals surface area contributed by atoms with Crippen LogP contribution in [0.1, 0.15) is 32.6 Å². The molecule has 0 spiro atoms. The predicted molar refractivity (Wildman–Crippen MR) is 79.3 cm³/mol. The second kappa shape index (κ2) is 6.44. The van der Waals surface area contributed by atoms with E-state index in [2.05, 4.69) is 24.0 Å². The van der Waals surface area contributed by atoms with Gasteiger partial charge in [0.2, 0.25) is 0 Å². The molecule has 0 amide bonds. The zero-order valence-corrected chi connectivity index (χ0v) is 11.9. The molecule has 1 aliphatic rings. The first-order chi connectivity index (χ1) is 8.69. The van der Waals surface area contributed by atoms with E-state index in [-0.39, 0.29) is 0 Å². The zero-order valence-electron chi connectivity index (χ0n) is 11.1. The van der Waals surface area contributed by atoms with Crippen LogP contribution in [0, 0.1) is 5.92 Å². The molecule has 0 bridgehead atoms. The van der Waals surface area contributed by atoms with Crippen LogP contribution in [-0.2, 0) is 0 Å². The first-order valence-corrected chi connectivity index (χ1v) is 7.33. The summed E-state index contributed by atoms with van der Waals surface area (Å²) in [5, 5.41) is 0.809. The summed E-state index contributed by atoms with van der Waals surface area (Å²) < 4.78 is 0. The predicted octanol–water partition coefficient (Wildman–Crippen LogP) is 3.68. The van der Waals surface area contributed by atoms with Crippen molar-refractivity contribution in [3.05, 3.63) is 29.3 Å². The Morgan fingerprint density at radius 2 is 2.11 bits per heavy atom. The Hall–Kier alpha value is -0.730. The molecular formula is C15H23ClN2. The number of nitrogens with zero attached hydrogens (tertiary/aromatic N) is 1. The summed E-state index contributed by atoms with van der Waals surface area (Å²) in [6.07, 6.45) is 4.81. The summed E-state index contributed by atoms with van der Waals surface area (Å²) in [7, 11) is 0. The van der Waals surface area contributed by atoms with Crippen LogP contribution >= 0.6 is 11.6 Å². The van der Waals surface area contributed by atoms with Gasteiger partial charge in [0.05, 0.1) is 0 Å². The van der Waals surface area contributed by atoms with Crippen LogP contribution in [0.25, 0.3) is 0 Å². The third-order valence-corrected chi connectivity index (χ3v) is 4.20. The van der Waals surface area contributed by atoms with Crippen molar-refractivity contribution >= 4 is 17.3 Å². The number of halogens is 1. The van der Waals surface area contributed by atoms with E-state index in [0.29, 0.717) is 6.04 Å². The van der Waals surface area contributed by atoms with E-state index >= 15 is 0 Å². The number of rotatable bonds is 5. The van der Waals surface area contributed by atoms with E-state index in [1.165, 1.54) is 18.5 Å². The van der Waals surface area contributed by atoms with Gasteiger partial charge in [0, 0.05) is 29.8 Å². The van der Waals surface area contributed by atoms with Gasteiger partial charge in [-0.25, -0.2) is 0 Å². The van der Waals surface area contributed by atoms with Gasteiger partial charge in [-0.1, -0.05) is 18.5 Å². The lowest BCUT2D eigenvalue weighted by atomic mass is 9.98. The van der Waals surface area contributed by atoms with Gasteiger partial charge in [0.1, 0.15) is 0 Å². The first kappa shape index (κ1) is 13.7. The minimum absolute atomic E-state index is 0.384. The van der Waals surface area contributed by atoms with Crippen molar-refractivity contribution in [3.8, 4) is 0 Å². The van der Waals surface area contributed by atoms with Gasteiger partial charge in [-0.05, 0) is 55.9 Å². The summed E-state index contributed by atoms with van der Waals surface area (Å²) in [5.41, 5.74) is 7.28. The molecule has 1 fully saturated rings. The van der Waals surface area contributed by atoms with E-state index in [4.69, 9.17) is 17.3 Å². The molecule has 1 aromatic rings. The molecule has 0 aromatic heterocycles. The number of benzene rings is 1. The van der Waals surface area contributed by atoms with Crippen molar-refractivity contribution in [2.24, 2.45) is 11.7 Å². The standard InChI is InChI=1S/C15H23ClN2/c1-2-14(17)6-3-12-9-10-18(11-12)15-7-4-13(16)5-8-15/h4-5,7-8,12,14H,2-3,6,9-11,17H2,1H3. The highest BCUT2D eigenvalue weighted by atomic mass is 35.5. The minimum Gasteiger partial charge on any atom is -0.371 e. The molecule has 2 nitrogen and oxygen atoms in total. The molecule has 1 heterocycles. The molecule has 100 valence electrons. The van der Waals surface area contributed by atoms with E-state index in [1.54, 1.807) is 0 Å². The second-order valence-electron chi connectivity index (χ2n) is 5.32. The van der Waals surface area contributed by atoms with Crippen LogP contribution < -0.4 is 10.6 Å². The third-order valence-electron chi connectivity index (χ3n) is 3.95. The molecule has 18 heavy (non-hydrogen) atoms. The fourth-order valence-corrected chi connectivity index (χ4v) is 2.73. The number of nitrogens with two attached hydrogens (primary N) is 1. The fraction of sp³-hybridized carbons (Fsp3) is 0.600. The molecule has 0 aliphatic carbocycles. The summed E-state index contributed by atoms with van der Waals surface area (Å²) in [5.74, 6) is 0.804. The van der Waals surface area contributed by atoms with Crippen molar-refractivity contribution in [3.63, 3.8) is 0 Å². The lowest BCUT2D eigenvalue weighted by Gasteiger charge is -2.19. The van der Waals surface area contributed by atoms with Crippen molar-refractivity contribution in [2.75, 3.05) is 18.0 Å². The third kappa shape index (κ3) is 3.63. The van der Waals surface area contributed by atoms with Gasteiger partial charge in [0.15, 0.2) is 0 Å². The Morgan fingerprint density at radius 3 is 2.78 bits per heavy atom. The highest BCUT2D eigenvalue weighted by molar-refractivity contribution is 6.30. The monoisotopic (exact) mass is 266 g/mol. The Balaban J connectivity index is 1.83. The average molecular weight is 267 g/mol. The summed E-state index contributed by atoms with van der Waals surface area (Å²) >= 11 is 5.92. The molecule has 3 heteroatoms. The summed E-state index contributed by atoms with van der Waals surface area (Å²) in [6.45, 7) is 4.49. The van der Waals surface area contributed by atoms with E-state index in [0.717, 1.165) is 36.9 Å². The Morgan fingerprint density at radius 1 is 1.39 bits per heavy atom. The smallest absolute Gasteiger partial charge is 0.0407 e. The first-order valence-electron chi connectivity index (χ1n) is 6.95. The van der Waals surface area contributed by atoms with Crippen LogP contribution in [0.15, 0.2) is 24.3 Å². The molecule has 2 rings (SSSR count). The van der Waals surface area contributed by atoms with E-state index in [1.807, 2.05) is 12.1 Å². The second-order valence-corrected chi connectivity index (χ2v) is 5.76. The van der Waals surface area contributed by atoms with Crippen LogP contribution in [0.5, 0.6) is 0 Å². The SMILES string of the molecule is CCC(N)CCC1CCN(c2ccc(Cl)cc2)C1. The van der Waals surface area contributed by atoms with Crippen LogP contribution in [0.3, 0.4) is 0 Å². The van der Waals surface area contributed by atoms with Crippen molar-refractivity contribution in [2.45, 2.75) is 38.6 Å². The Kier molecular flexibility index (Phi) is 4.90. The molecule has 0 radical (unpaired) electrons. The Labute approximate surface area is 115 Å². The molecule has 1 aliphatic heterocycles. The summed E-state index contributed by atoms with van der Waals surface area (Å²) in [6, 6.07) is 8.55. The number of anilines is 1. The van der Waals surface area contributed by atoms with Crippen molar-refractivity contribution < 1.29 is 0 Å². The van der Waals surface area contributed by atoms with Gasteiger partial charge >= 0.3 is 0 Å². The van der Waals surface area contributed by atoms with Gasteiger partial charge in [0.25, 0.3) is 0 Å². The number of hydrogen-bond donors (Lipinski definition) is 1. The van der Waals surface area contributed by atoms with E-state index in [9.17, 15) is 0 Å². The molecule has 2 unspecified atom stereocenters. The normalized spacial score (nSPS) is 21.3. The van der Waals surface area contributed by atoms with Gasteiger partial charge in [-0.15, -0.1) is 0 Å². The molecular weight excluding hydrogens is 244 g/mol. The molecule has 1 aromatic carbocycles. The minimum atomic E-state index is 0.384. The molecule has 0 saturated carbocycles. The van der Waals surface area contributed by atoms with Crippen LogP contribution in [-0.4, -0.2) is 19.1 Å². The lowest BCUT2D eigenvalue weighted by Crippen LogP contribution is -2.22. The zero-order chi connectivity index (χ0) is 13.0. The van der Waals surface area contributed by atoms with E-state index < -0.39 is 0 Å². The topological polar surface area (TPSA) is 29.3 Å². The van der Waals surface area contributed by atoms with Crippen molar-refractivity contribution in [1.82, 2.24) is 0 Å². The maximum atomic E-state index is 5.99. The fourth-order valence-electron chi connectivity index (χ4n) is 2.61. The maximum absolute atomic E-state index is 5.99. The lowest BCUT2D eigenvalue weighted by molar-refractivity contribution is 0.464. The maximum Gasteiger partial charge on any atom is 0.0407 e. The highest BCUT2D eigenvalue weighted by Crippen LogP contribution is 2.27. The summed E-state index contributed by atoms with van der Waals surface area (Å²) in [4.78, 5) is 2.46. The quantitative estimate of drug-likeness (QED) is 0.881. The Bertz CT molecular complexity index is 363. The van der Waals surface area contributed by atoms with Gasteiger partial charge < -0.3 is 10.6 Å². The van der Waals surface area contributed by atoms with Crippen molar-refractivity contribution in [1.29, 1.82) is 0 Å². The molecule has 2 N–H and O–H groups in total. The van der Waals surface area contributed by atoms with Crippen LogP contribution in [0.2, 0.25) is 5.02 Å². The highest BCUT2D eigenvalue weighted by Gasteiger charge is 2.22. The molecule has 2 atom stereocenters. The molecule has 1 saturated heterocycles. The number of hydrogen-bond acceptors (Lipinski definition) is 2. The van der Waals surface area contributed by atoms with Crippen LogP contribution in [0.4, 0.5) is 5.69 Å². The largest absolute Gasteiger partial charge is 0.371 e. The van der Waals surface area contributed by atoms with Gasteiger partial charge in [-0.3, -0.25) is 0 Å². The van der Waals surface area contributed by atoms with Gasteiger partial charge in [-0.2, -0.15) is 0 Å².